The summed E-state index contributed by atoms with van der Waals surface area (Å²) in [6.45, 7) is 4.47. The van der Waals surface area contributed by atoms with Gasteiger partial charge in [0.05, 0.1) is 16.8 Å². The number of amides is 1. The molecule has 0 aromatic heterocycles. The van der Waals surface area contributed by atoms with Crippen molar-refractivity contribution in [3.63, 3.8) is 0 Å². The van der Waals surface area contributed by atoms with Gasteiger partial charge in [0.1, 0.15) is 23.7 Å². The van der Waals surface area contributed by atoms with Crippen LogP contribution in [0.2, 0.25) is 0 Å². The second-order valence-corrected chi connectivity index (χ2v) is 10.9. The van der Waals surface area contributed by atoms with Crippen LogP contribution >= 0.6 is 0 Å². The predicted molar refractivity (Wildman–Crippen MR) is 141 cm³/mol. The van der Waals surface area contributed by atoms with Crippen LogP contribution in [0.5, 0.6) is 5.75 Å². The minimum absolute atomic E-state index is 0.0189. The first-order chi connectivity index (χ1) is 17.9. The summed E-state index contributed by atoms with van der Waals surface area (Å²) in [5, 5.41) is 3.88. The van der Waals surface area contributed by atoms with E-state index >= 15 is 0 Å². The summed E-state index contributed by atoms with van der Waals surface area (Å²) in [5.74, 6) is -1.29. The summed E-state index contributed by atoms with van der Waals surface area (Å²) in [6, 6.07) is 18.9. The number of rotatable bonds is 10. The Kier molecular flexibility index (Phi) is 9.19. The molecule has 11 heteroatoms. The highest BCUT2D eigenvalue weighted by atomic mass is 32.2. The number of hydrogen-bond acceptors (Lipinski definition) is 7. The van der Waals surface area contributed by atoms with E-state index in [0.29, 0.717) is 11.3 Å². The van der Waals surface area contributed by atoms with Gasteiger partial charge in [-0.1, -0.05) is 18.2 Å². The summed E-state index contributed by atoms with van der Waals surface area (Å²) < 4.78 is 51.3. The number of esters is 1. The topological polar surface area (TPSA) is 114 Å². The van der Waals surface area contributed by atoms with Crippen molar-refractivity contribution in [3.8, 4) is 5.75 Å². The van der Waals surface area contributed by atoms with Gasteiger partial charge in [0.25, 0.3) is 15.9 Å². The van der Waals surface area contributed by atoms with E-state index < -0.39 is 39.9 Å². The van der Waals surface area contributed by atoms with Gasteiger partial charge in [0.2, 0.25) is 0 Å². The van der Waals surface area contributed by atoms with Crippen LogP contribution in [0.4, 0.5) is 10.1 Å². The average molecular weight is 542 g/mol. The molecule has 0 heterocycles. The van der Waals surface area contributed by atoms with Gasteiger partial charge in [-0.05, 0) is 87.0 Å². The molecule has 3 rings (SSSR count). The van der Waals surface area contributed by atoms with Crippen molar-refractivity contribution in [1.82, 2.24) is 5.43 Å². The van der Waals surface area contributed by atoms with Crippen molar-refractivity contribution in [2.75, 3.05) is 17.5 Å². The van der Waals surface area contributed by atoms with E-state index in [1.54, 1.807) is 63.2 Å². The molecule has 0 atom stereocenters. The standard InChI is InChI=1S/C27H28FN3O6S/c1-27(2,3)37-26(33)19-36-23-15-9-20(10-16-23)17-29-30-25(32)18-31(22-13-11-21(28)12-14-22)38(34,35)24-7-5-4-6-8-24/h4-17H,18-19H2,1-3H3,(H,30,32)/b29-17-. The molecule has 3 aromatic rings. The number of halogens is 1. The number of sulfonamides is 1. The van der Waals surface area contributed by atoms with Crippen molar-refractivity contribution >= 4 is 33.8 Å². The molecule has 0 unspecified atom stereocenters. The normalized spacial score (nSPS) is 11.7. The van der Waals surface area contributed by atoms with E-state index in [1.165, 1.54) is 30.5 Å². The number of hydrazone groups is 1. The Hall–Kier alpha value is -4.25. The molecule has 3 aromatic carbocycles. The van der Waals surface area contributed by atoms with Crippen molar-refractivity contribution in [2.45, 2.75) is 31.3 Å². The lowest BCUT2D eigenvalue weighted by molar-refractivity contribution is -0.157. The highest BCUT2D eigenvalue weighted by Gasteiger charge is 2.27. The molecule has 0 aliphatic heterocycles. The number of nitrogens with one attached hydrogen (secondary N) is 1. The number of benzene rings is 3. The highest BCUT2D eigenvalue weighted by molar-refractivity contribution is 7.92. The molecular formula is C27H28FN3O6S. The molecule has 0 saturated carbocycles. The van der Waals surface area contributed by atoms with E-state index in [-0.39, 0.29) is 17.2 Å². The van der Waals surface area contributed by atoms with Crippen LogP contribution in [-0.4, -0.2) is 45.3 Å². The molecule has 0 fully saturated rings. The fourth-order valence-electron chi connectivity index (χ4n) is 3.15. The lowest BCUT2D eigenvalue weighted by atomic mass is 10.2. The smallest absolute Gasteiger partial charge is 0.344 e. The maximum absolute atomic E-state index is 13.4. The van der Waals surface area contributed by atoms with E-state index in [2.05, 4.69) is 10.5 Å². The summed E-state index contributed by atoms with van der Waals surface area (Å²) >= 11 is 0. The van der Waals surface area contributed by atoms with Crippen molar-refractivity contribution in [1.29, 1.82) is 0 Å². The van der Waals surface area contributed by atoms with Gasteiger partial charge in [0, 0.05) is 0 Å². The van der Waals surface area contributed by atoms with Crippen molar-refractivity contribution in [3.05, 3.63) is 90.2 Å². The minimum Gasteiger partial charge on any atom is -0.482 e. The van der Waals surface area contributed by atoms with Crippen LogP contribution in [-0.2, 0) is 24.3 Å². The van der Waals surface area contributed by atoms with Gasteiger partial charge in [-0.2, -0.15) is 5.10 Å². The van der Waals surface area contributed by atoms with Gasteiger partial charge in [0.15, 0.2) is 6.61 Å². The van der Waals surface area contributed by atoms with E-state index in [4.69, 9.17) is 9.47 Å². The zero-order chi connectivity index (χ0) is 27.8. The third kappa shape index (κ3) is 8.41. The molecule has 1 amide bonds. The lowest BCUT2D eigenvalue weighted by Crippen LogP contribution is -2.39. The number of carbonyl (C=O) groups is 2. The molecule has 0 saturated heterocycles. The Morgan fingerprint density at radius 1 is 0.974 bits per heavy atom. The summed E-state index contributed by atoms with van der Waals surface area (Å²) in [6.07, 6.45) is 1.36. The maximum atomic E-state index is 13.4. The summed E-state index contributed by atoms with van der Waals surface area (Å²) in [7, 11) is -4.11. The predicted octanol–water partition coefficient (Wildman–Crippen LogP) is 3.89. The maximum Gasteiger partial charge on any atom is 0.344 e. The first-order valence-corrected chi connectivity index (χ1v) is 13.0. The molecule has 0 bridgehead atoms. The second kappa shape index (κ2) is 12.3. The van der Waals surface area contributed by atoms with E-state index in [9.17, 15) is 22.4 Å². The molecule has 0 aliphatic rings. The monoisotopic (exact) mass is 541 g/mol. The van der Waals surface area contributed by atoms with Crippen LogP contribution in [0, 0.1) is 5.82 Å². The van der Waals surface area contributed by atoms with Crippen molar-refractivity contribution in [2.24, 2.45) is 5.10 Å². The first-order valence-electron chi connectivity index (χ1n) is 11.5. The fraction of sp³-hybridized carbons (Fsp3) is 0.222. The van der Waals surface area contributed by atoms with Gasteiger partial charge >= 0.3 is 5.97 Å². The van der Waals surface area contributed by atoms with Crippen LogP contribution in [0.1, 0.15) is 26.3 Å². The molecule has 0 spiro atoms. The molecular weight excluding hydrogens is 513 g/mol. The van der Waals surface area contributed by atoms with Crippen LogP contribution in [0.3, 0.4) is 0 Å². The van der Waals surface area contributed by atoms with Gasteiger partial charge in [-0.25, -0.2) is 23.0 Å². The second-order valence-electron chi connectivity index (χ2n) is 9.04. The summed E-state index contributed by atoms with van der Waals surface area (Å²) in [4.78, 5) is 24.3. The Balaban J connectivity index is 1.63. The molecule has 9 nitrogen and oxygen atoms in total. The van der Waals surface area contributed by atoms with Gasteiger partial charge < -0.3 is 9.47 Å². The van der Waals surface area contributed by atoms with E-state index in [1.807, 2.05) is 0 Å². The molecule has 200 valence electrons. The van der Waals surface area contributed by atoms with Crippen molar-refractivity contribution < 1.29 is 31.9 Å². The molecule has 0 aliphatic carbocycles. The number of anilines is 1. The molecule has 0 radical (unpaired) electrons. The number of nitrogens with zero attached hydrogens (tertiary/aromatic N) is 2. The highest BCUT2D eigenvalue weighted by Crippen LogP contribution is 2.23. The lowest BCUT2D eigenvalue weighted by Gasteiger charge is -2.23. The minimum atomic E-state index is -4.11. The Morgan fingerprint density at radius 3 is 2.21 bits per heavy atom. The Morgan fingerprint density at radius 2 is 1.61 bits per heavy atom. The van der Waals surface area contributed by atoms with Gasteiger partial charge in [-0.15, -0.1) is 0 Å². The largest absolute Gasteiger partial charge is 0.482 e. The molecule has 38 heavy (non-hydrogen) atoms. The third-order valence-electron chi connectivity index (χ3n) is 4.79. The Bertz CT molecular complexity index is 1370. The quantitative estimate of drug-likeness (QED) is 0.237. The number of carbonyl (C=O) groups excluding carboxylic acids is 2. The van der Waals surface area contributed by atoms with Gasteiger partial charge in [-0.3, -0.25) is 9.10 Å². The Labute approximate surface area is 220 Å². The number of ether oxygens (including phenoxy) is 2. The summed E-state index contributed by atoms with van der Waals surface area (Å²) in [5.41, 5.74) is 2.43. The zero-order valence-electron chi connectivity index (χ0n) is 21.1. The van der Waals surface area contributed by atoms with E-state index in [0.717, 1.165) is 16.4 Å². The molecule has 1 N–H and O–H groups in total. The third-order valence-corrected chi connectivity index (χ3v) is 6.58. The first kappa shape index (κ1) is 28.3. The number of hydrogen-bond donors (Lipinski definition) is 1. The fourth-order valence-corrected chi connectivity index (χ4v) is 4.59. The van der Waals surface area contributed by atoms with Crippen LogP contribution in [0.15, 0.2) is 88.9 Å². The zero-order valence-corrected chi connectivity index (χ0v) is 21.9. The van der Waals surface area contributed by atoms with Crippen LogP contribution in [0.25, 0.3) is 0 Å². The average Bonchev–Trinajstić information content (AvgIpc) is 2.87. The SMILES string of the molecule is CC(C)(C)OC(=O)COc1ccc(/C=N\NC(=O)CN(c2ccc(F)cc2)S(=O)(=O)c2ccccc2)cc1. The van der Waals surface area contributed by atoms with Crippen LogP contribution < -0.4 is 14.5 Å².